The molecule has 0 spiro atoms. The Morgan fingerprint density at radius 2 is 2.00 bits per heavy atom. The lowest BCUT2D eigenvalue weighted by molar-refractivity contribution is 0.444. The Kier molecular flexibility index (Phi) is 2.00. The smallest absolute Gasteiger partial charge is 0.130 e. The number of hydrogen-bond donors (Lipinski definition) is 4. The topological polar surface area (TPSA) is 95.2 Å². The number of aromatic nitrogens is 2. The van der Waals surface area contributed by atoms with Crippen LogP contribution in [-0.2, 0) is 0 Å². The second-order valence-electron chi connectivity index (χ2n) is 3.30. The van der Waals surface area contributed by atoms with Crippen molar-refractivity contribution in [3.63, 3.8) is 0 Å². The zero-order valence-electron chi connectivity index (χ0n) is 8.15. The molecule has 5 nitrogen and oxygen atoms in total. The second kappa shape index (κ2) is 3.20. The maximum Gasteiger partial charge on any atom is 0.130 e. The lowest BCUT2D eigenvalue weighted by atomic mass is 10.0. The van der Waals surface area contributed by atoms with E-state index < -0.39 is 0 Å². The van der Waals surface area contributed by atoms with Crippen molar-refractivity contribution in [2.24, 2.45) is 0 Å². The number of aromatic hydroxyl groups is 2. The molecule has 0 radical (unpaired) electrons. The molecule has 2 rings (SSSR count). The van der Waals surface area contributed by atoms with Gasteiger partial charge in [0.2, 0.25) is 0 Å². The van der Waals surface area contributed by atoms with Crippen LogP contribution in [0.15, 0.2) is 18.3 Å². The van der Waals surface area contributed by atoms with Gasteiger partial charge in [-0.25, -0.2) is 0 Å². The van der Waals surface area contributed by atoms with Crippen molar-refractivity contribution >= 4 is 5.82 Å². The maximum atomic E-state index is 9.82. The first-order valence-electron chi connectivity index (χ1n) is 4.42. The van der Waals surface area contributed by atoms with Crippen LogP contribution in [0.5, 0.6) is 11.5 Å². The third kappa shape index (κ3) is 1.38. The summed E-state index contributed by atoms with van der Waals surface area (Å²) in [7, 11) is 0. The minimum Gasteiger partial charge on any atom is -0.508 e. The third-order valence-electron chi connectivity index (χ3n) is 2.36. The molecular weight excluding hydrogens is 194 g/mol. The molecule has 0 aliphatic heterocycles. The van der Waals surface area contributed by atoms with Crippen LogP contribution >= 0.6 is 0 Å². The first kappa shape index (κ1) is 9.39. The normalized spacial score (nSPS) is 10.5. The Morgan fingerprint density at radius 3 is 2.60 bits per heavy atom. The molecule has 0 amide bonds. The molecule has 0 aliphatic rings. The number of hydrogen-bond acceptors (Lipinski definition) is 4. The molecule has 15 heavy (non-hydrogen) atoms. The number of phenolic OH excluding ortho intramolecular Hbond substituents is 2. The number of H-pyrrole nitrogens is 1. The average molecular weight is 205 g/mol. The highest BCUT2D eigenvalue weighted by Gasteiger charge is 2.13. The number of nitrogens with one attached hydrogen (secondary N) is 1. The van der Waals surface area contributed by atoms with Crippen molar-refractivity contribution in [1.82, 2.24) is 10.2 Å². The van der Waals surface area contributed by atoms with Crippen LogP contribution in [0.4, 0.5) is 5.82 Å². The van der Waals surface area contributed by atoms with Gasteiger partial charge >= 0.3 is 0 Å². The van der Waals surface area contributed by atoms with Crippen molar-refractivity contribution in [3.05, 3.63) is 23.9 Å². The Bertz CT molecular complexity index is 505. The van der Waals surface area contributed by atoms with Crippen LogP contribution in [-0.4, -0.2) is 20.4 Å². The molecule has 1 aromatic heterocycles. The van der Waals surface area contributed by atoms with Gasteiger partial charge in [-0.3, -0.25) is 5.10 Å². The molecule has 0 aliphatic carbocycles. The summed E-state index contributed by atoms with van der Waals surface area (Å²) in [6, 6.07) is 3.11. The summed E-state index contributed by atoms with van der Waals surface area (Å²) in [4.78, 5) is 0. The molecule has 78 valence electrons. The molecule has 0 unspecified atom stereocenters. The Morgan fingerprint density at radius 1 is 1.27 bits per heavy atom. The van der Waals surface area contributed by atoms with E-state index in [4.69, 9.17) is 5.73 Å². The molecule has 0 atom stereocenters. The number of nitrogen functional groups attached to an aromatic ring is 1. The fourth-order valence-electron chi connectivity index (χ4n) is 1.42. The summed E-state index contributed by atoms with van der Waals surface area (Å²) in [5, 5.41) is 25.5. The van der Waals surface area contributed by atoms with Crippen molar-refractivity contribution in [3.8, 4) is 22.6 Å². The molecule has 2 aromatic rings. The Labute approximate surface area is 86.2 Å². The van der Waals surface area contributed by atoms with Crippen LogP contribution in [0.25, 0.3) is 11.1 Å². The number of anilines is 1. The fraction of sp³-hybridized carbons (Fsp3) is 0.100. The lowest BCUT2D eigenvalue weighted by Gasteiger charge is -2.07. The van der Waals surface area contributed by atoms with Gasteiger partial charge in [-0.15, -0.1) is 0 Å². The standard InChI is InChI=1S/C10H11N3O2/c1-5-8(14)3-2-6(9(5)15)7-4-12-13-10(7)11/h2-4,14-15H,1H3,(H3,11,12,13). The van der Waals surface area contributed by atoms with Gasteiger partial charge in [0.15, 0.2) is 0 Å². The lowest BCUT2D eigenvalue weighted by Crippen LogP contribution is -1.89. The van der Waals surface area contributed by atoms with E-state index in [1.807, 2.05) is 0 Å². The summed E-state index contributed by atoms with van der Waals surface area (Å²) in [6.45, 7) is 1.63. The number of rotatable bonds is 1. The number of aromatic amines is 1. The quantitative estimate of drug-likeness (QED) is 0.565. The first-order valence-corrected chi connectivity index (χ1v) is 4.42. The molecule has 0 fully saturated rings. The van der Waals surface area contributed by atoms with Crippen molar-refractivity contribution in [1.29, 1.82) is 0 Å². The maximum absolute atomic E-state index is 9.82. The minimum atomic E-state index is 0.0168. The molecule has 0 saturated carbocycles. The number of nitrogens with two attached hydrogens (primary N) is 1. The van der Waals surface area contributed by atoms with Gasteiger partial charge in [-0.05, 0) is 19.1 Å². The molecule has 5 heteroatoms. The highest BCUT2D eigenvalue weighted by Crippen LogP contribution is 2.37. The summed E-state index contributed by atoms with van der Waals surface area (Å²) >= 11 is 0. The predicted molar refractivity (Wildman–Crippen MR) is 56.5 cm³/mol. The minimum absolute atomic E-state index is 0.0168. The van der Waals surface area contributed by atoms with E-state index in [0.29, 0.717) is 22.5 Å². The summed E-state index contributed by atoms with van der Waals surface area (Å²) in [6.07, 6.45) is 1.53. The highest BCUT2D eigenvalue weighted by atomic mass is 16.3. The van der Waals surface area contributed by atoms with Gasteiger partial charge in [-0.1, -0.05) is 0 Å². The molecule has 0 saturated heterocycles. The van der Waals surface area contributed by atoms with Gasteiger partial charge in [0.05, 0.1) is 6.20 Å². The van der Waals surface area contributed by atoms with E-state index in [1.165, 1.54) is 12.3 Å². The predicted octanol–water partition coefficient (Wildman–Crippen LogP) is 1.38. The van der Waals surface area contributed by atoms with Gasteiger partial charge in [0.1, 0.15) is 17.3 Å². The monoisotopic (exact) mass is 205 g/mol. The van der Waals surface area contributed by atoms with E-state index >= 15 is 0 Å². The Hall–Kier alpha value is -2.17. The summed E-state index contributed by atoms with van der Waals surface area (Å²) < 4.78 is 0. The van der Waals surface area contributed by atoms with E-state index in [-0.39, 0.29) is 11.5 Å². The molecule has 1 heterocycles. The Balaban J connectivity index is 2.65. The van der Waals surface area contributed by atoms with Crippen LogP contribution in [0, 0.1) is 6.92 Å². The van der Waals surface area contributed by atoms with Gasteiger partial charge in [0, 0.05) is 16.7 Å². The van der Waals surface area contributed by atoms with Crippen LogP contribution < -0.4 is 5.73 Å². The average Bonchev–Trinajstić information content (AvgIpc) is 2.62. The largest absolute Gasteiger partial charge is 0.508 e. The highest BCUT2D eigenvalue weighted by molar-refractivity contribution is 5.79. The zero-order valence-corrected chi connectivity index (χ0v) is 8.15. The van der Waals surface area contributed by atoms with E-state index in [1.54, 1.807) is 13.0 Å². The number of nitrogens with zero attached hydrogens (tertiary/aromatic N) is 1. The van der Waals surface area contributed by atoms with Crippen LogP contribution in [0.3, 0.4) is 0 Å². The van der Waals surface area contributed by atoms with Crippen LogP contribution in [0.1, 0.15) is 5.56 Å². The van der Waals surface area contributed by atoms with Crippen molar-refractivity contribution in [2.75, 3.05) is 5.73 Å². The summed E-state index contributed by atoms with van der Waals surface area (Å²) in [5.74, 6) is 0.455. The van der Waals surface area contributed by atoms with E-state index in [0.717, 1.165) is 0 Å². The van der Waals surface area contributed by atoms with Gasteiger partial charge in [-0.2, -0.15) is 5.10 Å². The fourth-order valence-corrected chi connectivity index (χ4v) is 1.42. The molecule has 0 bridgehead atoms. The van der Waals surface area contributed by atoms with E-state index in [2.05, 4.69) is 10.2 Å². The van der Waals surface area contributed by atoms with Crippen molar-refractivity contribution < 1.29 is 10.2 Å². The molecule has 5 N–H and O–H groups in total. The van der Waals surface area contributed by atoms with Crippen molar-refractivity contribution in [2.45, 2.75) is 6.92 Å². The number of benzene rings is 1. The zero-order chi connectivity index (χ0) is 11.0. The summed E-state index contributed by atoms with van der Waals surface area (Å²) in [5.41, 5.74) is 7.24. The van der Waals surface area contributed by atoms with Gasteiger partial charge in [0.25, 0.3) is 0 Å². The number of phenols is 2. The SMILES string of the molecule is Cc1c(O)ccc(-c2cn[nH]c2N)c1O. The molecular formula is C10H11N3O2. The first-order chi connectivity index (χ1) is 7.11. The molecule has 1 aromatic carbocycles. The van der Waals surface area contributed by atoms with Crippen LogP contribution in [0.2, 0.25) is 0 Å². The van der Waals surface area contributed by atoms with E-state index in [9.17, 15) is 10.2 Å². The van der Waals surface area contributed by atoms with Gasteiger partial charge < -0.3 is 15.9 Å². The third-order valence-corrected chi connectivity index (χ3v) is 2.36. The second-order valence-corrected chi connectivity index (χ2v) is 3.30.